The van der Waals surface area contributed by atoms with Crippen LogP contribution in [-0.4, -0.2) is 0 Å². The monoisotopic (exact) mass is 214 g/mol. The molecule has 0 heterocycles. The van der Waals surface area contributed by atoms with E-state index in [1.165, 1.54) is 12.1 Å². The highest BCUT2D eigenvalue weighted by Gasteiger charge is 2.42. The van der Waals surface area contributed by atoms with Crippen molar-refractivity contribution >= 4 is 0 Å². The summed E-state index contributed by atoms with van der Waals surface area (Å²) in [7, 11) is 0. The molecular weight excluding hydrogens is 201 g/mol. The van der Waals surface area contributed by atoms with Gasteiger partial charge in [0.2, 0.25) is 0 Å². The van der Waals surface area contributed by atoms with E-state index in [-0.39, 0.29) is 5.41 Å². The van der Waals surface area contributed by atoms with E-state index in [0.29, 0.717) is 0 Å². The number of hydrogen-bond donors (Lipinski definition) is 0. The van der Waals surface area contributed by atoms with Crippen molar-refractivity contribution in [3.63, 3.8) is 0 Å². The summed E-state index contributed by atoms with van der Waals surface area (Å²) in [6.07, 6.45) is -0.996. The first-order valence-corrected chi connectivity index (χ1v) is 5.16. The first-order chi connectivity index (χ1) is 6.98. The first kappa shape index (κ1) is 10.5. The molecule has 1 aromatic carbocycles. The van der Waals surface area contributed by atoms with Gasteiger partial charge in [0, 0.05) is 0 Å². The fraction of sp³-hybridized carbons (Fsp3) is 0.500. The Balaban J connectivity index is 2.25. The lowest BCUT2D eigenvalue weighted by atomic mass is 9.92. The smallest absolute Gasteiger partial charge is 0.166 e. The Kier molecular flexibility index (Phi) is 2.28. The highest BCUT2D eigenvalue weighted by atomic mass is 19.4. The third-order valence-corrected chi connectivity index (χ3v) is 3.35. The molecule has 0 bridgehead atoms. The van der Waals surface area contributed by atoms with Gasteiger partial charge >= 0.3 is 6.18 Å². The van der Waals surface area contributed by atoms with Crippen molar-refractivity contribution in [2.45, 2.75) is 37.8 Å². The van der Waals surface area contributed by atoms with Crippen molar-refractivity contribution in [2.75, 3.05) is 0 Å². The number of alkyl halides is 3. The van der Waals surface area contributed by atoms with Crippen molar-refractivity contribution in [1.29, 1.82) is 0 Å². The lowest BCUT2D eigenvalue weighted by Crippen LogP contribution is -2.08. The summed E-state index contributed by atoms with van der Waals surface area (Å²) in [5, 5.41) is 0. The Labute approximate surface area is 87.1 Å². The molecule has 1 aliphatic carbocycles. The molecule has 0 aliphatic heterocycles. The molecule has 3 heteroatoms. The largest absolute Gasteiger partial charge is 0.416 e. The molecule has 82 valence electrons. The van der Waals surface area contributed by atoms with Crippen molar-refractivity contribution in [1.82, 2.24) is 0 Å². The van der Waals surface area contributed by atoms with Gasteiger partial charge in [-0.25, -0.2) is 0 Å². The molecule has 15 heavy (non-hydrogen) atoms. The van der Waals surface area contributed by atoms with Crippen LogP contribution in [0, 0.1) is 0 Å². The zero-order valence-corrected chi connectivity index (χ0v) is 8.56. The maximum Gasteiger partial charge on any atom is 0.416 e. The molecule has 0 saturated heterocycles. The topological polar surface area (TPSA) is 0 Å². The van der Waals surface area contributed by atoms with Gasteiger partial charge in [0.25, 0.3) is 0 Å². The third kappa shape index (κ3) is 1.87. The lowest BCUT2D eigenvalue weighted by Gasteiger charge is -2.14. The van der Waals surface area contributed by atoms with Crippen molar-refractivity contribution in [3.05, 3.63) is 35.4 Å². The van der Waals surface area contributed by atoms with Gasteiger partial charge in [-0.05, 0) is 42.4 Å². The normalized spacial score (nSPS) is 18.9. The second-order valence-electron chi connectivity index (χ2n) is 4.21. The van der Waals surface area contributed by atoms with E-state index >= 15 is 0 Å². The zero-order valence-electron chi connectivity index (χ0n) is 8.56. The van der Waals surface area contributed by atoms with E-state index in [1.807, 2.05) is 0 Å². The van der Waals surface area contributed by atoms with Gasteiger partial charge in [0.05, 0.1) is 5.56 Å². The summed E-state index contributed by atoms with van der Waals surface area (Å²) >= 11 is 0. The summed E-state index contributed by atoms with van der Waals surface area (Å²) in [6.45, 7) is 2.09. The van der Waals surface area contributed by atoms with Crippen molar-refractivity contribution < 1.29 is 13.2 Å². The predicted molar refractivity (Wildman–Crippen MR) is 52.6 cm³/mol. The summed E-state index contributed by atoms with van der Waals surface area (Å²) in [6, 6.07) is 5.62. The molecule has 0 N–H and O–H groups in total. The summed E-state index contributed by atoms with van der Waals surface area (Å²) in [4.78, 5) is 0. The average Bonchev–Trinajstić information content (AvgIpc) is 2.97. The Morgan fingerprint density at radius 1 is 1.13 bits per heavy atom. The van der Waals surface area contributed by atoms with E-state index in [0.717, 1.165) is 24.8 Å². The lowest BCUT2D eigenvalue weighted by molar-refractivity contribution is -0.137. The molecule has 2 rings (SSSR count). The Hall–Kier alpha value is -0.990. The van der Waals surface area contributed by atoms with E-state index in [2.05, 4.69) is 6.92 Å². The molecule has 1 aromatic rings. The molecule has 1 aliphatic rings. The zero-order chi connectivity index (χ0) is 11.1. The van der Waals surface area contributed by atoms with Crippen LogP contribution in [-0.2, 0) is 11.6 Å². The Bertz CT molecular complexity index is 344. The van der Waals surface area contributed by atoms with Gasteiger partial charge in [-0.1, -0.05) is 19.1 Å². The standard InChI is InChI=1S/C12H13F3/c1-2-11(7-8-11)9-3-5-10(6-4-9)12(13,14)15/h3-6H,2,7-8H2,1H3. The summed E-state index contributed by atoms with van der Waals surface area (Å²) < 4.78 is 36.9. The first-order valence-electron chi connectivity index (χ1n) is 5.16. The minimum absolute atomic E-state index is 0.185. The van der Waals surface area contributed by atoms with E-state index < -0.39 is 11.7 Å². The minimum atomic E-state index is -4.22. The average molecular weight is 214 g/mol. The van der Waals surface area contributed by atoms with Crippen molar-refractivity contribution in [2.24, 2.45) is 0 Å². The Morgan fingerprint density at radius 2 is 1.67 bits per heavy atom. The number of rotatable bonds is 2. The van der Waals surface area contributed by atoms with E-state index in [1.54, 1.807) is 12.1 Å². The van der Waals surface area contributed by atoms with Crippen LogP contribution < -0.4 is 0 Å². The molecule has 0 aromatic heterocycles. The summed E-state index contributed by atoms with van der Waals surface area (Å²) in [5.41, 5.74) is 0.681. The van der Waals surface area contributed by atoms with Gasteiger partial charge < -0.3 is 0 Å². The van der Waals surface area contributed by atoms with Crippen LogP contribution in [0.3, 0.4) is 0 Å². The van der Waals surface area contributed by atoms with E-state index in [9.17, 15) is 13.2 Å². The fourth-order valence-corrected chi connectivity index (χ4v) is 2.01. The maximum atomic E-state index is 12.3. The molecule has 0 amide bonds. The number of hydrogen-bond acceptors (Lipinski definition) is 0. The Morgan fingerprint density at radius 3 is 2.00 bits per heavy atom. The van der Waals surface area contributed by atoms with Gasteiger partial charge in [0.1, 0.15) is 0 Å². The molecule has 1 saturated carbocycles. The molecule has 0 spiro atoms. The van der Waals surface area contributed by atoms with Gasteiger partial charge in [0.15, 0.2) is 0 Å². The second kappa shape index (κ2) is 3.26. The van der Waals surface area contributed by atoms with Crippen LogP contribution in [0.15, 0.2) is 24.3 Å². The van der Waals surface area contributed by atoms with Gasteiger partial charge in [-0.15, -0.1) is 0 Å². The van der Waals surface area contributed by atoms with Crippen LogP contribution in [0.1, 0.15) is 37.3 Å². The highest BCUT2D eigenvalue weighted by molar-refractivity contribution is 5.34. The highest BCUT2D eigenvalue weighted by Crippen LogP contribution is 2.51. The third-order valence-electron chi connectivity index (χ3n) is 3.35. The quantitative estimate of drug-likeness (QED) is 0.693. The molecule has 1 fully saturated rings. The van der Waals surface area contributed by atoms with Gasteiger partial charge in [-0.2, -0.15) is 13.2 Å². The second-order valence-corrected chi connectivity index (χ2v) is 4.21. The molecular formula is C12H13F3. The maximum absolute atomic E-state index is 12.3. The van der Waals surface area contributed by atoms with Crippen LogP contribution >= 0.6 is 0 Å². The molecule has 0 radical (unpaired) electrons. The van der Waals surface area contributed by atoms with Crippen LogP contribution in [0.2, 0.25) is 0 Å². The van der Waals surface area contributed by atoms with Crippen LogP contribution in [0.25, 0.3) is 0 Å². The SMILES string of the molecule is CCC1(c2ccc(C(F)(F)F)cc2)CC1. The fourth-order valence-electron chi connectivity index (χ4n) is 2.01. The number of benzene rings is 1. The predicted octanol–water partition coefficient (Wildman–Crippen LogP) is 4.15. The molecule has 0 atom stereocenters. The van der Waals surface area contributed by atoms with Gasteiger partial charge in [-0.3, -0.25) is 0 Å². The van der Waals surface area contributed by atoms with Crippen LogP contribution in [0.4, 0.5) is 13.2 Å². The number of halogens is 3. The molecule has 0 unspecified atom stereocenters. The minimum Gasteiger partial charge on any atom is -0.166 e. The molecule has 0 nitrogen and oxygen atoms in total. The van der Waals surface area contributed by atoms with Crippen LogP contribution in [0.5, 0.6) is 0 Å². The van der Waals surface area contributed by atoms with Crippen molar-refractivity contribution in [3.8, 4) is 0 Å². The summed E-state index contributed by atoms with van der Waals surface area (Å²) in [5.74, 6) is 0. The van der Waals surface area contributed by atoms with E-state index in [4.69, 9.17) is 0 Å².